The number of nitrogens with one attached hydrogen (secondary N) is 1. The number of piperidine rings is 1. The Morgan fingerprint density at radius 1 is 1.58 bits per heavy atom. The number of nitrogens with zero attached hydrogens (tertiary/aromatic N) is 2. The van der Waals surface area contributed by atoms with Crippen LogP contribution in [0.2, 0.25) is 0 Å². The van der Waals surface area contributed by atoms with Gasteiger partial charge in [0.25, 0.3) is 0 Å². The van der Waals surface area contributed by atoms with Crippen molar-refractivity contribution in [2.45, 2.75) is 25.9 Å². The minimum atomic E-state index is -0.499. The quantitative estimate of drug-likeness (QED) is 0.857. The average Bonchev–Trinajstić information content (AvgIpc) is 2.46. The van der Waals surface area contributed by atoms with Crippen LogP contribution < -0.4 is 10.2 Å². The van der Waals surface area contributed by atoms with Gasteiger partial charge < -0.3 is 15.3 Å². The maximum atomic E-state index is 11.7. The second-order valence-electron chi connectivity index (χ2n) is 5.03. The predicted molar refractivity (Wildman–Crippen MR) is 73.9 cm³/mol. The summed E-state index contributed by atoms with van der Waals surface area (Å²) in [7, 11) is 1.68. The summed E-state index contributed by atoms with van der Waals surface area (Å²) in [5, 5.41) is 12.2. The Bertz CT molecular complexity index is 431. The molecule has 0 spiro atoms. The van der Waals surface area contributed by atoms with Gasteiger partial charge in [-0.3, -0.25) is 4.79 Å². The van der Waals surface area contributed by atoms with Crippen molar-refractivity contribution < 1.29 is 9.90 Å². The number of carbonyl (C=O) groups is 1. The van der Waals surface area contributed by atoms with E-state index in [-0.39, 0.29) is 11.8 Å². The van der Waals surface area contributed by atoms with Gasteiger partial charge in [0.15, 0.2) is 0 Å². The molecule has 2 atom stereocenters. The lowest BCUT2D eigenvalue weighted by molar-refractivity contribution is -0.124. The van der Waals surface area contributed by atoms with Crippen LogP contribution in [0.25, 0.3) is 0 Å². The number of rotatable bonds is 3. The number of amides is 1. The molecule has 1 amide bonds. The van der Waals surface area contributed by atoms with E-state index in [1.165, 1.54) is 0 Å². The summed E-state index contributed by atoms with van der Waals surface area (Å²) in [4.78, 5) is 18.2. The highest BCUT2D eigenvalue weighted by molar-refractivity contribution is 5.79. The number of pyridine rings is 1. The van der Waals surface area contributed by atoms with Gasteiger partial charge in [-0.15, -0.1) is 0 Å². The number of aliphatic hydroxyl groups excluding tert-OH is 1. The monoisotopic (exact) mass is 263 g/mol. The Kier molecular flexibility index (Phi) is 4.37. The van der Waals surface area contributed by atoms with Gasteiger partial charge in [-0.25, -0.2) is 4.98 Å². The van der Waals surface area contributed by atoms with Crippen LogP contribution in [0.5, 0.6) is 0 Å². The summed E-state index contributed by atoms with van der Waals surface area (Å²) in [5.74, 6) is 1.01. The predicted octanol–water partition coefficient (Wildman–Crippen LogP) is 1.10. The van der Waals surface area contributed by atoms with Crippen molar-refractivity contribution >= 4 is 11.7 Å². The Hall–Kier alpha value is -1.62. The molecule has 0 aromatic carbocycles. The smallest absolute Gasteiger partial charge is 0.224 e. The van der Waals surface area contributed by atoms with Gasteiger partial charge in [0.1, 0.15) is 5.82 Å². The molecule has 0 saturated carbocycles. The van der Waals surface area contributed by atoms with Gasteiger partial charge in [0.05, 0.1) is 12.0 Å². The third-order valence-corrected chi connectivity index (χ3v) is 3.62. The van der Waals surface area contributed by atoms with Crippen LogP contribution in [-0.4, -0.2) is 36.1 Å². The van der Waals surface area contributed by atoms with E-state index in [0.717, 1.165) is 30.8 Å². The molecule has 2 N–H and O–H groups in total. The SMILES string of the molecule is CNC(=O)C1CCCN(c2ccc(C(C)O)cn2)C1. The van der Waals surface area contributed by atoms with Gasteiger partial charge in [-0.1, -0.05) is 6.07 Å². The molecule has 1 fully saturated rings. The zero-order chi connectivity index (χ0) is 13.8. The molecule has 2 rings (SSSR count). The van der Waals surface area contributed by atoms with E-state index >= 15 is 0 Å². The highest BCUT2D eigenvalue weighted by atomic mass is 16.3. The normalized spacial score (nSPS) is 21.0. The van der Waals surface area contributed by atoms with Crippen LogP contribution in [0.3, 0.4) is 0 Å². The molecule has 1 aliphatic heterocycles. The van der Waals surface area contributed by atoms with Gasteiger partial charge in [0.2, 0.25) is 5.91 Å². The Labute approximate surface area is 113 Å². The number of carbonyl (C=O) groups excluding carboxylic acids is 1. The minimum absolute atomic E-state index is 0.0389. The average molecular weight is 263 g/mol. The van der Waals surface area contributed by atoms with Gasteiger partial charge in [-0.2, -0.15) is 0 Å². The van der Waals surface area contributed by atoms with E-state index in [2.05, 4.69) is 15.2 Å². The fourth-order valence-corrected chi connectivity index (χ4v) is 2.44. The molecule has 0 radical (unpaired) electrons. The second-order valence-corrected chi connectivity index (χ2v) is 5.03. The van der Waals surface area contributed by atoms with Crippen LogP contribution in [0, 0.1) is 5.92 Å². The highest BCUT2D eigenvalue weighted by Crippen LogP contribution is 2.22. The summed E-state index contributed by atoms with van der Waals surface area (Å²) in [6, 6.07) is 3.80. The van der Waals surface area contributed by atoms with E-state index in [0.29, 0.717) is 6.54 Å². The standard InChI is InChI=1S/C14H21N3O2/c1-10(18)11-5-6-13(16-8-11)17-7-3-4-12(9-17)14(19)15-2/h5-6,8,10,12,18H,3-4,7,9H2,1-2H3,(H,15,19). The Morgan fingerprint density at radius 2 is 2.37 bits per heavy atom. The molecule has 0 bridgehead atoms. The summed E-state index contributed by atoms with van der Waals surface area (Å²) < 4.78 is 0. The van der Waals surface area contributed by atoms with Crippen molar-refractivity contribution in [3.63, 3.8) is 0 Å². The Morgan fingerprint density at radius 3 is 2.95 bits per heavy atom. The van der Waals surface area contributed by atoms with Gasteiger partial charge in [-0.05, 0) is 31.4 Å². The summed E-state index contributed by atoms with van der Waals surface area (Å²) in [5.41, 5.74) is 0.809. The first-order valence-electron chi connectivity index (χ1n) is 6.72. The molecular formula is C14H21N3O2. The van der Waals surface area contributed by atoms with Crippen molar-refractivity contribution in [3.8, 4) is 0 Å². The molecule has 1 aromatic heterocycles. The fraction of sp³-hybridized carbons (Fsp3) is 0.571. The fourth-order valence-electron chi connectivity index (χ4n) is 2.44. The number of anilines is 1. The van der Waals surface area contributed by atoms with E-state index in [1.54, 1.807) is 20.2 Å². The van der Waals surface area contributed by atoms with Crippen molar-refractivity contribution in [1.29, 1.82) is 0 Å². The highest BCUT2D eigenvalue weighted by Gasteiger charge is 2.25. The van der Waals surface area contributed by atoms with Crippen molar-refractivity contribution in [1.82, 2.24) is 10.3 Å². The van der Waals surface area contributed by atoms with Crippen molar-refractivity contribution in [2.24, 2.45) is 5.92 Å². The number of hydrogen-bond donors (Lipinski definition) is 2. The molecule has 0 aliphatic carbocycles. The molecule has 2 heterocycles. The Balaban J connectivity index is 2.06. The van der Waals surface area contributed by atoms with Crippen LogP contribution in [-0.2, 0) is 4.79 Å². The topological polar surface area (TPSA) is 65.5 Å². The van der Waals surface area contributed by atoms with Gasteiger partial charge in [0, 0.05) is 26.3 Å². The zero-order valence-electron chi connectivity index (χ0n) is 11.5. The largest absolute Gasteiger partial charge is 0.389 e. The van der Waals surface area contributed by atoms with Crippen molar-refractivity contribution in [3.05, 3.63) is 23.9 Å². The molecule has 1 aromatic rings. The van der Waals surface area contributed by atoms with E-state index in [1.807, 2.05) is 12.1 Å². The number of aliphatic hydroxyl groups is 1. The molecule has 1 saturated heterocycles. The van der Waals surface area contributed by atoms with E-state index < -0.39 is 6.10 Å². The first-order chi connectivity index (χ1) is 9.11. The van der Waals surface area contributed by atoms with Crippen molar-refractivity contribution in [2.75, 3.05) is 25.0 Å². The first-order valence-corrected chi connectivity index (χ1v) is 6.72. The third kappa shape index (κ3) is 3.23. The third-order valence-electron chi connectivity index (χ3n) is 3.62. The molecule has 5 nitrogen and oxygen atoms in total. The molecule has 104 valence electrons. The summed E-state index contributed by atoms with van der Waals surface area (Å²) in [6.45, 7) is 3.36. The lowest BCUT2D eigenvalue weighted by Gasteiger charge is -2.32. The molecule has 19 heavy (non-hydrogen) atoms. The van der Waals surface area contributed by atoms with Gasteiger partial charge >= 0.3 is 0 Å². The second kappa shape index (κ2) is 6.02. The van der Waals surface area contributed by atoms with Crippen LogP contribution >= 0.6 is 0 Å². The first kappa shape index (κ1) is 13.8. The molecule has 2 unspecified atom stereocenters. The van der Waals surface area contributed by atoms with Crippen LogP contribution in [0.4, 0.5) is 5.82 Å². The molecule has 5 heteroatoms. The summed E-state index contributed by atoms with van der Waals surface area (Å²) in [6.07, 6.45) is 3.13. The number of hydrogen-bond acceptors (Lipinski definition) is 4. The number of aromatic nitrogens is 1. The van der Waals surface area contributed by atoms with Crippen LogP contribution in [0.15, 0.2) is 18.3 Å². The maximum absolute atomic E-state index is 11.7. The van der Waals surface area contributed by atoms with E-state index in [9.17, 15) is 9.90 Å². The van der Waals surface area contributed by atoms with Crippen LogP contribution in [0.1, 0.15) is 31.4 Å². The molecular weight excluding hydrogens is 242 g/mol. The summed E-state index contributed by atoms with van der Waals surface area (Å²) >= 11 is 0. The molecule has 1 aliphatic rings. The minimum Gasteiger partial charge on any atom is -0.389 e. The lowest BCUT2D eigenvalue weighted by atomic mass is 9.97. The maximum Gasteiger partial charge on any atom is 0.224 e. The van der Waals surface area contributed by atoms with E-state index in [4.69, 9.17) is 0 Å². The lowest BCUT2D eigenvalue weighted by Crippen LogP contribution is -2.42. The zero-order valence-corrected chi connectivity index (χ0v) is 11.5.